The molecule has 1 amide bonds. The topological polar surface area (TPSA) is 138 Å². The van der Waals surface area contributed by atoms with Gasteiger partial charge in [-0.15, -0.1) is 0 Å². The minimum Gasteiger partial charge on any atom is -0.388 e. The van der Waals surface area contributed by atoms with Crippen LogP contribution in [0.1, 0.15) is 48.1 Å². The van der Waals surface area contributed by atoms with Crippen molar-refractivity contribution in [3.8, 4) is 0 Å². The van der Waals surface area contributed by atoms with Crippen molar-refractivity contribution < 1.29 is 14.6 Å². The molecule has 1 spiro atoms. The van der Waals surface area contributed by atoms with Crippen LogP contribution in [-0.2, 0) is 25.4 Å². The average Bonchev–Trinajstić information content (AvgIpc) is 3.30. The van der Waals surface area contributed by atoms with Crippen LogP contribution in [0, 0.1) is 0 Å². The third-order valence-electron chi connectivity index (χ3n) is 7.83. The van der Waals surface area contributed by atoms with Crippen LogP contribution < -0.4 is 17.0 Å². The number of hydrogen-bond donors (Lipinski definition) is 2. The lowest BCUT2D eigenvalue weighted by Crippen LogP contribution is -2.58. The number of fused-ring (bicyclic) bond motifs is 1. The van der Waals surface area contributed by atoms with Gasteiger partial charge in [0, 0.05) is 45.7 Å². The van der Waals surface area contributed by atoms with Gasteiger partial charge in [0.1, 0.15) is 0 Å². The lowest BCUT2D eigenvalue weighted by molar-refractivity contribution is -0.194. The quantitative estimate of drug-likeness (QED) is 0.531. The summed E-state index contributed by atoms with van der Waals surface area (Å²) in [5, 5.41) is 11.6. The number of nitrogens with two attached hydrogens (primary N) is 1. The van der Waals surface area contributed by atoms with Crippen molar-refractivity contribution in [1.82, 2.24) is 23.6 Å². The van der Waals surface area contributed by atoms with Crippen LogP contribution in [0.3, 0.4) is 0 Å². The molecule has 2 aromatic heterocycles. The zero-order chi connectivity index (χ0) is 25.8. The molecule has 4 heterocycles. The maximum absolute atomic E-state index is 13.0. The number of rotatable bonds is 3. The first-order valence-corrected chi connectivity index (χ1v) is 12.1. The molecule has 0 aliphatic carbocycles. The fourth-order valence-electron chi connectivity index (χ4n) is 5.69. The molecule has 11 heteroatoms. The standard InChI is InChI=1S/C25H32N6O5/c1-24(35)14-25(7-9-30(10-8-25)21(32)17-6-4-5-16(11-17)12-26)36-13-18(24)31-15-27-20-19(31)22(33)29(3)23(34)28(20)2/h4-6,11,15,18,35H,7-10,12-14,26H2,1-3H3/t18-,24-/m1/s1. The highest BCUT2D eigenvalue weighted by Gasteiger charge is 2.50. The van der Waals surface area contributed by atoms with Crippen LogP contribution in [0.4, 0.5) is 0 Å². The molecule has 2 saturated heterocycles. The van der Waals surface area contributed by atoms with Gasteiger partial charge < -0.3 is 25.0 Å². The Morgan fingerprint density at radius 1 is 1.22 bits per heavy atom. The fourth-order valence-corrected chi connectivity index (χ4v) is 5.69. The minimum absolute atomic E-state index is 0.0352. The normalized spacial score (nSPS) is 23.9. The van der Waals surface area contributed by atoms with Gasteiger partial charge in [-0.05, 0) is 37.5 Å². The number of aliphatic hydroxyl groups is 1. The largest absolute Gasteiger partial charge is 0.388 e. The summed E-state index contributed by atoms with van der Waals surface area (Å²) in [4.78, 5) is 44.3. The molecule has 0 bridgehead atoms. The Morgan fingerprint density at radius 2 is 1.94 bits per heavy atom. The Kier molecular flexibility index (Phi) is 5.89. The van der Waals surface area contributed by atoms with Gasteiger partial charge in [0.15, 0.2) is 11.2 Å². The van der Waals surface area contributed by atoms with Gasteiger partial charge in [-0.25, -0.2) is 9.78 Å². The van der Waals surface area contributed by atoms with E-state index in [1.165, 1.54) is 17.9 Å². The van der Waals surface area contributed by atoms with Crippen LogP contribution in [0.5, 0.6) is 0 Å². The van der Waals surface area contributed by atoms with Gasteiger partial charge >= 0.3 is 5.69 Å². The molecule has 11 nitrogen and oxygen atoms in total. The van der Waals surface area contributed by atoms with Gasteiger partial charge in [-0.1, -0.05) is 12.1 Å². The molecule has 192 valence electrons. The highest BCUT2D eigenvalue weighted by atomic mass is 16.5. The first-order chi connectivity index (χ1) is 17.1. The second-order valence-electron chi connectivity index (χ2n) is 10.3. The molecule has 0 radical (unpaired) electrons. The number of ether oxygens (including phenoxy) is 1. The highest BCUT2D eigenvalue weighted by molar-refractivity contribution is 5.94. The van der Waals surface area contributed by atoms with Crippen LogP contribution in [0.2, 0.25) is 0 Å². The zero-order valence-electron chi connectivity index (χ0n) is 20.8. The average molecular weight is 497 g/mol. The van der Waals surface area contributed by atoms with E-state index in [0.29, 0.717) is 44.5 Å². The Morgan fingerprint density at radius 3 is 2.61 bits per heavy atom. The maximum atomic E-state index is 13.0. The minimum atomic E-state index is -1.20. The van der Waals surface area contributed by atoms with E-state index in [4.69, 9.17) is 10.5 Å². The lowest BCUT2D eigenvalue weighted by Gasteiger charge is -2.51. The number of hydrogen-bond acceptors (Lipinski definition) is 7. The molecule has 2 aliphatic heterocycles. The molecule has 2 atom stereocenters. The highest BCUT2D eigenvalue weighted by Crippen LogP contribution is 2.44. The number of likely N-dealkylation sites (tertiary alicyclic amines) is 1. The smallest absolute Gasteiger partial charge is 0.332 e. The molecule has 2 aliphatic rings. The monoisotopic (exact) mass is 496 g/mol. The van der Waals surface area contributed by atoms with E-state index in [9.17, 15) is 19.5 Å². The zero-order valence-corrected chi connectivity index (χ0v) is 20.8. The van der Waals surface area contributed by atoms with Crippen LogP contribution in [0.25, 0.3) is 11.2 Å². The Balaban J connectivity index is 1.35. The predicted molar refractivity (Wildman–Crippen MR) is 133 cm³/mol. The predicted octanol–water partition coefficient (Wildman–Crippen LogP) is 0.280. The Bertz CT molecular complexity index is 1440. The van der Waals surface area contributed by atoms with Crippen molar-refractivity contribution in [2.45, 2.75) is 50.0 Å². The fraction of sp³-hybridized carbons (Fsp3) is 0.520. The summed E-state index contributed by atoms with van der Waals surface area (Å²) in [5.41, 5.74) is 5.08. The Hall–Kier alpha value is -3.28. The lowest BCUT2D eigenvalue weighted by atomic mass is 9.75. The van der Waals surface area contributed by atoms with Crippen LogP contribution in [-0.4, -0.2) is 65.5 Å². The molecular weight excluding hydrogens is 464 g/mol. The molecule has 3 aromatic rings. The van der Waals surface area contributed by atoms with Gasteiger partial charge in [0.05, 0.1) is 30.2 Å². The number of aromatic nitrogens is 4. The summed E-state index contributed by atoms with van der Waals surface area (Å²) in [6.45, 7) is 3.34. The second-order valence-corrected chi connectivity index (χ2v) is 10.3. The number of aryl methyl sites for hydroxylation is 1. The van der Waals surface area contributed by atoms with E-state index < -0.39 is 28.5 Å². The summed E-state index contributed by atoms with van der Waals surface area (Å²) in [6, 6.07) is 6.81. The SMILES string of the molecule is Cn1c(=O)c2c(ncn2[C@@H]2COC3(CCN(C(=O)c4cccc(CN)c4)CC3)C[C@@]2(C)O)n(C)c1=O. The summed E-state index contributed by atoms with van der Waals surface area (Å²) < 4.78 is 10.4. The van der Waals surface area contributed by atoms with Crippen molar-refractivity contribution in [3.05, 3.63) is 62.6 Å². The van der Waals surface area contributed by atoms with Gasteiger partial charge in [-0.3, -0.25) is 18.7 Å². The molecule has 3 N–H and O–H groups in total. The molecule has 0 saturated carbocycles. The number of piperidine rings is 1. The number of carbonyl (C=O) groups is 1. The van der Waals surface area contributed by atoms with E-state index in [0.717, 1.165) is 10.1 Å². The molecule has 1 aromatic carbocycles. The molecule has 0 unspecified atom stereocenters. The second kappa shape index (κ2) is 8.68. The summed E-state index contributed by atoms with van der Waals surface area (Å²) >= 11 is 0. The third-order valence-corrected chi connectivity index (χ3v) is 7.83. The van der Waals surface area contributed by atoms with E-state index in [1.54, 1.807) is 24.6 Å². The molecule has 2 fully saturated rings. The van der Waals surface area contributed by atoms with Gasteiger partial charge in [0.2, 0.25) is 0 Å². The van der Waals surface area contributed by atoms with E-state index in [1.807, 2.05) is 23.1 Å². The van der Waals surface area contributed by atoms with Crippen molar-refractivity contribution >= 4 is 17.1 Å². The molecule has 36 heavy (non-hydrogen) atoms. The van der Waals surface area contributed by atoms with Gasteiger partial charge in [-0.2, -0.15) is 0 Å². The Labute approximate surface area is 207 Å². The summed E-state index contributed by atoms with van der Waals surface area (Å²) in [5.74, 6) is -0.0352. The number of amides is 1. The van der Waals surface area contributed by atoms with Crippen molar-refractivity contribution in [2.24, 2.45) is 19.8 Å². The number of benzene rings is 1. The first-order valence-electron chi connectivity index (χ1n) is 12.1. The number of nitrogens with zero attached hydrogens (tertiary/aromatic N) is 5. The van der Waals surface area contributed by atoms with Crippen molar-refractivity contribution in [3.63, 3.8) is 0 Å². The maximum Gasteiger partial charge on any atom is 0.332 e. The summed E-state index contributed by atoms with van der Waals surface area (Å²) in [7, 11) is 2.99. The van der Waals surface area contributed by atoms with Crippen molar-refractivity contribution in [2.75, 3.05) is 19.7 Å². The van der Waals surface area contributed by atoms with Crippen molar-refractivity contribution in [1.29, 1.82) is 0 Å². The summed E-state index contributed by atoms with van der Waals surface area (Å²) in [6.07, 6.45) is 3.03. The molecular formula is C25H32N6O5. The van der Waals surface area contributed by atoms with E-state index in [-0.39, 0.29) is 23.7 Å². The third kappa shape index (κ3) is 3.87. The first kappa shape index (κ1) is 24.4. The van der Waals surface area contributed by atoms with Gasteiger partial charge in [0.25, 0.3) is 11.5 Å². The van der Waals surface area contributed by atoms with Crippen LogP contribution >= 0.6 is 0 Å². The van der Waals surface area contributed by atoms with E-state index in [2.05, 4.69) is 4.98 Å². The molecule has 5 rings (SSSR count). The number of imidazole rings is 1. The van der Waals surface area contributed by atoms with Crippen LogP contribution in [0.15, 0.2) is 40.2 Å². The number of carbonyl (C=O) groups excluding carboxylic acids is 1. The van der Waals surface area contributed by atoms with E-state index >= 15 is 0 Å².